The largest absolute Gasteiger partial charge is 0.323 e. The molecule has 2 N–H and O–H groups in total. The van der Waals surface area contributed by atoms with Crippen molar-refractivity contribution in [3.63, 3.8) is 0 Å². The van der Waals surface area contributed by atoms with Gasteiger partial charge in [-0.2, -0.15) is 0 Å². The molecule has 0 radical (unpaired) electrons. The first-order valence-electron chi connectivity index (χ1n) is 9.50. The Bertz CT molecular complexity index is 797. The minimum Gasteiger partial charge on any atom is -0.306 e. The SMILES string of the molecule is O=c1[nH]c2ccc(CN3CCC(CN4CCC(F)(F)CC4)CC3)cc2[nH]1. The van der Waals surface area contributed by atoms with Crippen molar-refractivity contribution in [2.24, 2.45) is 5.92 Å². The lowest BCUT2D eigenvalue weighted by Crippen LogP contribution is -2.43. The maximum Gasteiger partial charge on any atom is 0.323 e. The minimum absolute atomic E-state index is 0.00949. The molecular formula is C19H26F2N4O. The molecule has 142 valence electrons. The van der Waals surface area contributed by atoms with Gasteiger partial charge in [0.1, 0.15) is 0 Å². The van der Waals surface area contributed by atoms with Crippen molar-refractivity contribution in [3.05, 3.63) is 34.2 Å². The number of imidazole rings is 1. The lowest BCUT2D eigenvalue weighted by Gasteiger charge is -2.37. The Morgan fingerprint density at radius 2 is 1.69 bits per heavy atom. The van der Waals surface area contributed by atoms with Crippen LogP contribution in [0.2, 0.25) is 0 Å². The predicted octanol–water partition coefficient (Wildman–Crippen LogP) is 2.80. The van der Waals surface area contributed by atoms with Crippen molar-refractivity contribution in [1.29, 1.82) is 0 Å². The second kappa shape index (κ2) is 7.12. The molecule has 0 atom stereocenters. The lowest BCUT2D eigenvalue weighted by molar-refractivity contribution is -0.0586. The van der Waals surface area contributed by atoms with Crippen LogP contribution in [0.4, 0.5) is 8.78 Å². The first kappa shape index (κ1) is 17.7. The second-order valence-corrected chi connectivity index (χ2v) is 7.84. The van der Waals surface area contributed by atoms with Gasteiger partial charge >= 0.3 is 5.69 Å². The smallest absolute Gasteiger partial charge is 0.306 e. The Balaban J connectivity index is 1.26. The van der Waals surface area contributed by atoms with Gasteiger partial charge in [-0.25, -0.2) is 13.6 Å². The third-order valence-electron chi connectivity index (χ3n) is 5.80. The highest BCUT2D eigenvalue weighted by Gasteiger charge is 2.34. The van der Waals surface area contributed by atoms with Gasteiger partial charge in [0.05, 0.1) is 11.0 Å². The molecule has 2 aromatic rings. The van der Waals surface area contributed by atoms with Crippen LogP contribution in [0.15, 0.2) is 23.0 Å². The van der Waals surface area contributed by atoms with Crippen LogP contribution in [0.5, 0.6) is 0 Å². The van der Waals surface area contributed by atoms with E-state index in [0.717, 1.165) is 50.1 Å². The number of hydrogen-bond acceptors (Lipinski definition) is 3. The number of aromatic nitrogens is 2. The third-order valence-corrected chi connectivity index (χ3v) is 5.80. The van der Waals surface area contributed by atoms with E-state index in [1.54, 1.807) is 0 Å². The fourth-order valence-electron chi connectivity index (χ4n) is 4.19. The van der Waals surface area contributed by atoms with Gasteiger partial charge in [-0.05, 0) is 49.5 Å². The van der Waals surface area contributed by atoms with Gasteiger partial charge in [-0.3, -0.25) is 4.90 Å². The van der Waals surface area contributed by atoms with Crippen molar-refractivity contribution >= 4 is 11.0 Å². The number of halogens is 2. The highest BCUT2D eigenvalue weighted by atomic mass is 19.3. The monoisotopic (exact) mass is 364 g/mol. The molecule has 2 fully saturated rings. The van der Waals surface area contributed by atoms with Gasteiger partial charge in [0, 0.05) is 39.0 Å². The molecule has 0 unspecified atom stereocenters. The van der Waals surface area contributed by atoms with Gasteiger partial charge < -0.3 is 14.9 Å². The van der Waals surface area contributed by atoms with Gasteiger partial charge in [-0.15, -0.1) is 0 Å². The molecule has 2 saturated heterocycles. The maximum atomic E-state index is 13.3. The molecule has 5 nitrogen and oxygen atoms in total. The van der Waals surface area contributed by atoms with Crippen LogP contribution in [0.25, 0.3) is 11.0 Å². The van der Waals surface area contributed by atoms with Crippen LogP contribution in [-0.2, 0) is 6.54 Å². The highest BCUT2D eigenvalue weighted by molar-refractivity contribution is 5.74. The van der Waals surface area contributed by atoms with Crippen molar-refractivity contribution in [2.75, 3.05) is 32.7 Å². The van der Waals surface area contributed by atoms with Crippen molar-refractivity contribution < 1.29 is 8.78 Å². The number of hydrogen-bond donors (Lipinski definition) is 2. The summed E-state index contributed by atoms with van der Waals surface area (Å²) in [6.45, 7) is 4.98. The molecule has 1 aromatic heterocycles. The van der Waals surface area contributed by atoms with Crippen LogP contribution >= 0.6 is 0 Å². The second-order valence-electron chi connectivity index (χ2n) is 7.84. The third kappa shape index (κ3) is 4.15. The summed E-state index contributed by atoms with van der Waals surface area (Å²) in [4.78, 5) is 21.6. The number of H-pyrrole nitrogens is 2. The van der Waals surface area contributed by atoms with E-state index in [2.05, 4.69) is 25.8 Å². The van der Waals surface area contributed by atoms with E-state index in [1.807, 2.05) is 12.1 Å². The summed E-state index contributed by atoms with van der Waals surface area (Å²) in [5, 5.41) is 0. The standard InChI is InChI=1S/C19H26F2N4O/c20-19(21)5-9-25(10-6-19)12-14-3-7-24(8-4-14)13-15-1-2-16-17(11-15)23-18(26)22-16/h1-2,11,14H,3-10,12-13H2,(H2,22,23,26). The maximum absolute atomic E-state index is 13.3. The van der Waals surface area contributed by atoms with Crippen LogP contribution in [0, 0.1) is 5.92 Å². The van der Waals surface area contributed by atoms with Crippen LogP contribution in [0.3, 0.4) is 0 Å². The minimum atomic E-state index is -2.45. The average molecular weight is 364 g/mol. The Morgan fingerprint density at radius 3 is 2.42 bits per heavy atom. The molecule has 0 aliphatic carbocycles. The molecule has 0 spiro atoms. The fourth-order valence-corrected chi connectivity index (χ4v) is 4.19. The molecule has 0 saturated carbocycles. The molecule has 1 aromatic carbocycles. The zero-order chi connectivity index (χ0) is 18.1. The first-order valence-corrected chi connectivity index (χ1v) is 9.50. The van der Waals surface area contributed by atoms with E-state index in [4.69, 9.17) is 0 Å². The molecule has 2 aliphatic rings. The zero-order valence-electron chi connectivity index (χ0n) is 14.9. The number of fused-ring (bicyclic) bond motifs is 1. The Morgan fingerprint density at radius 1 is 1.00 bits per heavy atom. The highest BCUT2D eigenvalue weighted by Crippen LogP contribution is 2.29. The number of rotatable bonds is 4. The van der Waals surface area contributed by atoms with Crippen LogP contribution < -0.4 is 5.69 Å². The summed E-state index contributed by atoms with van der Waals surface area (Å²) in [6.07, 6.45) is 2.26. The number of nitrogens with zero attached hydrogens (tertiary/aromatic N) is 2. The van der Waals surface area contributed by atoms with Crippen LogP contribution in [-0.4, -0.2) is 58.4 Å². The number of likely N-dealkylation sites (tertiary alicyclic amines) is 2. The van der Waals surface area contributed by atoms with E-state index in [9.17, 15) is 13.6 Å². The molecule has 26 heavy (non-hydrogen) atoms. The van der Waals surface area contributed by atoms with Crippen LogP contribution in [0.1, 0.15) is 31.2 Å². The fraction of sp³-hybridized carbons (Fsp3) is 0.632. The average Bonchev–Trinajstić information content (AvgIpc) is 2.98. The summed E-state index contributed by atoms with van der Waals surface area (Å²) in [5.74, 6) is -1.84. The number of nitrogens with one attached hydrogen (secondary N) is 2. The lowest BCUT2D eigenvalue weighted by atomic mass is 9.94. The summed E-state index contributed by atoms with van der Waals surface area (Å²) in [7, 11) is 0. The number of aromatic amines is 2. The number of benzene rings is 1. The number of alkyl halides is 2. The van der Waals surface area contributed by atoms with E-state index < -0.39 is 5.92 Å². The predicted molar refractivity (Wildman–Crippen MR) is 97.5 cm³/mol. The molecule has 2 aliphatic heterocycles. The van der Waals surface area contributed by atoms with Gasteiger partial charge in [0.15, 0.2) is 0 Å². The summed E-state index contributed by atoms with van der Waals surface area (Å²) >= 11 is 0. The molecule has 7 heteroatoms. The van der Waals surface area contributed by atoms with Crippen molar-refractivity contribution in [2.45, 2.75) is 38.2 Å². The topological polar surface area (TPSA) is 55.1 Å². The summed E-state index contributed by atoms with van der Waals surface area (Å²) in [6, 6.07) is 6.04. The Hall–Kier alpha value is -1.73. The van der Waals surface area contributed by atoms with E-state index in [-0.39, 0.29) is 18.5 Å². The molecule has 0 amide bonds. The van der Waals surface area contributed by atoms with E-state index >= 15 is 0 Å². The molecule has 0 bridgehead atoms. The van der Waals surface area contributed by atoms with Crippen molar-refractivity contribution in [3.8, 4) is 0 Å². The number of piperidine rings is 2. The zero-order valence-corrected chi connectivity index (χ0v) is 14.9. The molecule has 3 heterocycles. The van der Waals surface area contributed by atoms with E-state index in [0.29, 0.717) is 19.0 Å². The Kier molecular flexibility index (Phi) is 4.84. The first-order chi connectivity index (χ1) is 12.5. The van der Waals surface area contributed by atoms with Crippen molar-refractivity contribution in [1.82, 2.24) is 19.8 Å². The van der Waals surface area contributed by atoms with Gasteiger partial charge in [0.2, 0.25) is 0 Å². The van der Waals surface area contributed by atoms with Gasteiger partial charge in [-0.1, -0.05) is 6.07 Å². The van der Waals surface area contributed by atoms with Gasteiger partial charge in [0.25, 0.3) is 5.92 Å². The summed E-state index contributed by atoms with van der Waals surface area (Å²) in [5.41, 5.74) is 2.71. The molecular weight excluding hydrogens is 338 g/mol. The quantitative estimate of drug-likeness (QED) is 0.877. The normalized spacial score (nSPS) is 22.8. The Labute approximate surface area is 151 Å². The van der Waals surface area contributed by atoms with E-state index in [1.165, 1.54) is 5.56 Å². The summed E-state index contributed by atoms with van der Waals surface area (Å²) < 4.78 is 26.5. The molecule has 4 rings (SSSR count).